The van der Waals surface area contributed by atoms with Crippen LogP contribution in [0, 0.1) is 13.8 Å². The number of aryl methyl sites for hydroxylation is 2. The van der Waals surface area contributed by atoms with E-state index >= 15 is 0 Å². The molecule has 0 fully saturated rings. The number of aromatic nitrogens is 1. The van der Waals surface area contributed by atoms with Crippen LogP contribution in [-0.4, -0.2) is 11.3 Å². The third-order valence-corrected chi connectivity index (χ3v) is 15.7. The van der Waals surface area contributed by atoms with E-state index in [4.69, 9.17) is 4.42 Å². The predicted molar refractivity (Wildman–Crippen MR) is 289 cm³/mol. The highest BCUT2D eigenvalue weighted by atomic mass is 16.3. The van der Waals surface area contributed by atoms with Crippen molar-refractivity contribution in [3.8, 4) is 16.8 Å². The van der Waals surface area contributed by atoms with Crippen LogP contribution in [0.15, 0.2) is 162 Å². The normalized spacial score (nSPS) is 14.4. The predicted octanol–water partition coefficient (Wildman–Crippen LogP) is 15.1. The fourth-order valence-corrected chi connectivity index (χ4v) is 12.3. The Morgan fingerprint density at radius 3 is 1.90 bits per heavy atom. The first kappa shape index (κ1) is 41.0. The summed E-state index contributed by atoms with van der Waals surface area (Å²) >= 11 is 0. The number of para-hydroxylation sites is 3. The molecule has 0 saturated heterocycles. The molecular formula is C63H56BN3O. The first-order valence-electron chi connectivity index (χ1n) is 24.4. The van der Waals surface area contributed by atoms with Gasteiger partial charge in [-0.05, 0) is 135 Å². The Morgan fingerprint density at radius 1 is 0.544 bits per heavy atom. The third-order valence-electron chi connectivity index (χ3n) is 15.7. The molecule has 4 heterocycles. The number of nitrogens with zero attached hydrogens (tertiary/aromatic N) is 3. The van der Waals surface area contributed by atoms with Gasteiger partial charge in [-0.25, -0.2) is 0 Å². The van der Waals surface area contributed by atoms with Gasteiger partial charge in [0.15, 0.2) is 0 Å². The standard InChI is InChI=1S/C63H56BN3O/c1-37-20-11-16-25-48(37)65(49-26-17-12-21-38(49)2)41-30-31-46-51(36-41)66(50-27-19-29-55-57(50)43-23-14-18-28-54(43)68-55)52-34-40(62(6,7)8)35-53-58(52)64(46)47-33-39(61(3,4)5)32-44-56-42-22-13-15-24-45(42)63(9,10)60(56)67(53)59(44)47/h11-36H,1-10H3. The minimum atomic E-state index is -0.237. The zero-order valence-electron chi connectivity index (χ0n) is 40.8. The second-order valence-corrected chi connectivity index (χ2v) is 22.3. The molecule has 1 aliphatic carbocycles. The Bertz CT molecular complexity index is 3750. The number of benzene rings is 8. The third kappa shape index (κ3) is 5.56. The van der Waals surface area contributed by atoms with Gasteiger partial charge in [-0.2, -0.15) is 0 Å². The molecule has 10 aromatic rings. The maximum atomic E-state index is 6.70. The van der Waals surface area contributed by atoms with Crippen LogP contribution < -0.4 is 26.2 Å². The summed E-state index contributed by atoms with van der Waals surface area (Å²) in [6, 6.07) is 59.4. The average molecular weight is 882 g/mol. The lowest BCUT2D eigenvalue weighted by Gasteiger charge is -2.43. The minimum Gasteiger partial charge on any atom is -0.456 e. The van der Waals surface area contributed by atoms with Gasteiger partial charge in [0.25, 0.3) is 6.71 Å². The van der Waals surface area contributed by atoms with Crippen molar-refractivity contribution in [2.24, 2.45) is 0 Å². The zero-order chi connectivity index (χ0) is 46.8. The Balaban J connectivity index is 1.21. The van der Waals surface area contributed by atoms with Gasteiger partial charge in [-0.1, -0.05) is 152 Å². The monoisotopic (exact) mass is 881 g/mol. The van der Waals surface area contributed by atoms with Crippen molar-refractivity contribution in [3.05, 3.63) is 191 Å². The molecule has 68 heavy (non-hydrogen) atoms. The summed E-state index contributed by atoms with van der Waals surface area (Å²) in [7, 11) is 0. The van der Waals surface area contributed by atoms with Crippen molar-refractivity contribution in [1.82, 2.24) is 4.57 Å². The molecule has 5 heteroatoms. The lowest BCUT2D eigenvalue weighted by Crippen LogP contribution is -2.61. The van der Waals surface area contributed by atoms with E-state index < -0.39 is 0 Å². The summed E-state index contributed by atoms with van der Waals surface area (Å²) in [5, 5.41) is 3.59. The maximum Gasteiger partial charge on any atom is 0.252 e. The smallest absolute Gasteiger partial charge is 0.252 e. The van der Waals surface area contributed by atoms with Crippen molar-refractivity contribution < 1.29 is 4.42 Å². The molecule has 13 rings (SSSR count). The number of anilines is 6. The van der Waals surface area contributed by atoms with Crippen molar-refractivity contribution in [2.45, 2.75) is 85.5 Å². The van der Waals surface area contributed by atoms with Crippen LogP contribution in [-0.2, 0) is 16.2 Å². The summed E-state index contributed by atoms with van der Waals surface area (Å²) in [6.07, 6.45) is 0. The summed E-state index contributed by atoms with van der Waals surface area (Å²) in [6.45, 7) is 23.5. The van der Waals surface area contributed by atoms with Gasteiger partial charge >= 0.3 is 0 Å². The van der Waals surface area contributed by atoms with Crippen LogP contribution in [0.3, 0.4) is 0 Å². The molecular weight excluding hydrogens is 826 g/mol. The van der Waals surface area contributed by atoms with E-state index in [2.05, 4.69) is 241 Å². The Hall–Kier alpha value is -7.24. The van der Waals surface area contributed by atoms with Crippen molar-refractivity contribution in [3.63, 3.8) is 0 Å². The van der Waals surface area contributed by atoms with E-state index in [0.29, 0.717) is 0 Å². The first-order chi connectivity index (χ1) is 32.6. The zero-order valence-corrected chi connectivity index (χ0v) is 40.8. The second kappa shape index (κ2) is 13.9. The van der Waals surface area contributed by atoms with E-state index in [-0.39, 0.29) is 23.0 Å². The first-order valence-corrected chi connectivity index (χ1v) is 24.4. The largest absolute Gasteiger partial charge is 0.456 e. The molecule has 2 aliphatic heterocycles. The molecule has 0 atom stereocenters. The number of hydrogen-bond acceptors (Lipinski definition) is 3. The Kier molecular flexibility index (Phi) is 8.39. The molecule has 2 aromatic heterocycles. The van der Waals surface area contributed by atoms with Crippen LogP contribution in [0.25, 0.3) is 49.7 Å². The van der Waals surface area contributed by atoms with Gasteiger partial charge in [0.05, 0.1) is 11.1 Å². The number of fused-ring (bicyclic) bond motifs is 12. The highest BCUT2D eigenvalue weighted by Crippen LogP contribution is 2.56. The van der Waals surface area contributed by atoms with E-state index in [1.165, 1.54) is 89.0 Å². The fourth-order valence-electron chi connectivity index (χ4n) is 12.3. The maximum absolute atomic E-state index is 6.70. The molecule has 0 unspecified atom stereocenters. The lowest BCUT2D eigenvalue weighted by molar-refractivity contribution is 0.588. The van der Waals surface area contributed by atoms with Gasteiger partial charge in [0.1, 0.15) is 11.2 Å². The lowest BCUT2D eigenvalue weighted by atomic mass is 9.33. The molecule has 0 spiro atoms. The topological polar surface area (TPSA) is 24.6 Å². The SMILES string of the molecule is Cc1ccccc1N(c1ccc2c(c1)N(c1cccc3oc4ccccc4c13)c1cc(C(C)(C)C)cc3c1B2c1cc(C(C)(C)C)cc2c4c(n-3c12)C(C)(C)c1ccccc1-4)c1ccccc1C. The highest BCUT2D eigenvalue weighted by molar-refractivity contribution is 7.00. The fraction of sp³-hybridized carbons (Fsp3) is 0.206. The Labute approximate surface area is 400 Å². The molecule has 332 valence electrons. The van der Waals surface area contributed by atoms with Gasteiger partial charge in [-0.15, -0.1) is 0 Å². The summed E-state index contributed by atoms with van der Waals surface area (Å²) in [5.74, 6) is 0. The van der Waals surface area contributed by atoms with E-state index in [0.717, 1.165) is 44.7 Å². The molecule has 8 aromatic carbocycles. The average Bonchev–Trinajstić information content (AvgIpc) is 3.95. The second-order valence-electron chi connectivity index (χ2n) is 22.3. The summed E-state index contributed by atoms with van der Waals surface area (Å²) in [4.78, 5) is 5.08. The van der Waals surface area contributed by atoms with Crippen LogP contribution in [0.4, 0.5) is 34.1 Å². The molecule has 4 nitrogen and oxygen atoms in total. The van der Waals surface area contributed by atoms with Crippen LogP contribution >= 0.6 is 0 Å². The van der Waals surface area contributed by atoms with E-state index in [1.807, 2.05) is 0 Å². The minimum absolute atomic E-state index is 0.0364. The van der Waals surface area contributed by atoms with Gasteiger partial charge in [0.2, 0.25) is 0 Å². The van der Waals surface area contributed by atoms with Crippen LogP contribution in [0.2, 0.25) is 0 Å². The van der Waals surface area contributed by atoms with Gasteiger partial charge in [-0.3, -0.25) is 0 Å². The molecule has 0 saturated carbocycles. The molecule has 0 radical (unpaired) electrons. The molecule has 3 aliphatic rings. The van der Waals surface area contributed by atoms with Crippen LogP contribution in [0.1, 0.15) is 88.9 Å². The Morgan fingerprint density at radius 2 is 1.18 bits per heavy atom. The van der Waals surface area contributed by atoms with E-state index in [1.54, 1.807) is 0 Å². The number of rotatable bonds is 4. The van der Waals surface area contributed by atoms with E-state index in [9.17, 15) is 0 Å². The van der Waals surface area contributed by atoms with Crippen molar-refractivity contribution in [1.29, 1.82) is 0 Å². The highest BCUT2D eigenvalue weighted by Gasteiger charge is 2.48. The molecule has 0 bridgehead atoms. The number of hydrogen-bond donors (Lipinski definition) is 0. The summed E-state index contributed by atoms with van der Waals surface area (Å²) < 4.78 is 9.43. The van der Waals surface area contributed by atoms with Crippen LogP contribution in [0.5, 0.6) is 0 Å². The molecule has 0 N–H and O–H groups in total. The van der Waals surface area contributed by atoms with Gasteiger partial charge in [0, 0.05) is 67.1 Å². The quantitative estimate of drug-likeness (QED) is 0.165. The van der Waals surface area contributed by atoms with Gasteiger partial charge < -0.3 is 18.8 Å². The number of furan rings is 1. The summed E-state index contributed by atoms with van der Waals surface area (Å²) in [5.41, 5.74) is 25.5. The van der Waals surface area contributed by atoms with Crippen molar-refractivity contribution in [2.75, 3.05) is 9.80 Å². The molecule has 0 amide bonds. The van der Waals surface area contributed by atoms with Crippen molar-refractivity contribution >= 4 is 90.1 Å².